The molecule has 0 unspecified atom stereocenters. The summed E-state index contributed by atoms with van der Waals surface area (Å²) in [6, 6.07) is -0.145. The third kappa shape index (κ3) is 2.49. The van der Waals surface area contributed by atoms with Crippen molar-refractivity contribution in [3.8, 4) is 0 Å². The van der Waals surface area contributed by atoms with Crippen LogP contribution in [0.3, 0.4) is 0 Å². The standard InChI is InChI=1S/C11H20N2O2/c1-8-2-4-13(5-3-8)11(15)10-6-9(14)7-12-10/h8-10,12,14H,2-7H2,1H3/t9-,10-/m1/s1. The van der Waals surface area contributed by atoms with E-state index >= 15 is 0 Å². The Morgan fingerprint density at radius 1 is 1.40 bits per heavy atom. The van der Waals surface area contributed by atoms with Crippen LogP contribution in [0.5, 0.6) is 0 Å². The van der Waals surface area contributed by atoms with Gasteiger partial charge in [0.1, 0.15) is 0 Å². The van der Waals surface area contributed by atoms with Crippen molar-refractivity contribution in [1.82, 2.24) is 10.2 Å². The predicted octanol–water partition coefficient (Wildman–Crippen LogP) is -0.0323. The number of rotatable bonds is 1. The molecule has 0 radical (unpaired) electrons. The van der Waals surface area contributed by atoms with E-state index in [1.807, 2.05) is 4.90 Å². The third-order valence-corrected chi connectivity index (χ3v) is 3.50. The lowest BCUT2D eigenvalue weighted by Crippen LogP contribution is -2.46. The summed E-state index contributed by atoms with van der Waals surface area (Å²) in [7, 11) is 0. The van der Waals surface area contributed by atoms with Crippen molar-refractivity contribution in [3.05, 3.63) is 0 Å². The van der Waals surface area contributed by atoms with Gasteiger partial charge in [0.25, 0.3) is 0 Å². The van der Waals surface area contributed by atoms with Crippen LogP contribution >= 0.6 is 0 Å². The highest BCUT2D eigenvalue weighted by atomic mass is 16.3. The second-order valence-electron chi connectivity index (χ2n) is 4.86. The molecule has 4 nitrogen and oxygen atoms in total. The first-order valence-corrected chi connectivity index (χ1v) is 5.87. The molecular formula is C11H20N2O2. The number of carbonyl (C=O) groups is 1. The normalized spacial score (nSPS) is 33.3. The molecule has 0 aromatic rings. The smallest absolute Gasteiger partial charge is 0.239 e. The molecule has 2 N–H and O–H groups in total. The Balaban J connectivity index is 1.85. The van der Waals surface area contributed by atoms with Crippen molar-refractivity contribution >= 4 is 5.91 Å². The van der Waals surface area contributed by atoms with Crippen LogP contribution in [0.4, 0.5) is 0 Å². The number of nitrogens with zero attached hydrogens (tertiary/aromatic N) is 1. The molecule has 86 valence electrons. The molecule has 0 spiro atoms. The summed E-state index contributed by atoms with van der Waals surface area (Å²) in [5, 5.41) is 12.4. The highest BCUT2D eigenvalue weighted by Crippen LogP contribution is 2.18. The van der Waals surface area contributed by atoms with Gasteiger partial charge in [0.15, 0.2) is 0 Å². The van der Waals surface area contributed by atoms with Gasteiger partial charge in [-0.3, -0.25) is 4.79 Å². The van der Waals surface area contributed by atoms with E-state index in [4.69, 9.17) is 0 Å². The number of carbonyl (C=O) groups excluding carboxylic acids is 1. The molecule has 2 fully saturated rings. The van der Waals surface area contributed by atoms with E-state index in [1.165, 1.54) is 0 Å². The maximum absolute atomic E-state index is 12.0. The van der Waals surface area contributed by atoms with Crippen molar-refractivity contribution in [2.24, 2.45) is 5.92 Å². The number of amides is 1. The zero-order valence-corrected chi connectivity index (χ0v) is 9.28. The molecule has 2 aliphatic rings. The first-order chi connectivity index (χ1) is 7.16. The Kier molecular flexibility index (Phi) is 3.26. The van der Waals surface area contributed by atoms with Crippen LogP contribution in [-0.4, -0.2) is 47.7 Å². The van der Waals surface area contributed by atoms with Gasteiger partial charge < -0.3 is 15.3 Å². The molecule has 2 rings (SSSR count). The number of β-amino-alcohol motifs (C(OH)–C–C–N with tert-alkyl or cyclic N) is 1. The van der Waals surface area contributed by atoms with Crippen molar-refractivity contribution in [3.63, 3.8) is 0 Å². The van der Waals surface area contributed by atoms with Gasteiger partial charge in [0.2, 0.25) is 5.91 Å². The average Bonchev–Trinajstić information content (AvgIpc) is 2.65. The Labute approximate surface area is 90.6 Å². The van der Waals surface area contributed by atoms with E-state index in [-0.39, 0.29) is 18.1 Å². The predicted molar refractivity (Wildman–Crippen MR) is 57.4 cm³/mol. The molecule has 4 heteroatoms. The van der Waals surface area contributed by atoms with Gasteiger partial charge >= 0.3 is 0 Å². The lowest BCUT2D eigenvalue weighted by atomic mass is 9.98. The largest absolute Gasteiger partial charge is 0.392 e. The van der Waals surface area contributed by atoms with Crippen LogP contribution in [0, 0.1) is 5.92 Å². The minimum Gasteiger partial charge on any atom is -0.392 e. The van der Waals surface area contributed by atoms with Crippen molar-refractivity contribution < 1.29 is 9.90 Å². The van der Waals surface area contributed by atoms with Crippen LogP contribution in [0.15, 0.2) is 0 Å². The summed E-state index contributed by atoms with van der Waals surface area (Å²) in [6.45, 7) is 4.56. The van der Waals surface area contributed by atoms with Gasteiger partial charge in [0.05, 0.1) is 12.1 Å². The van der Waals surface area contributed by atoms with Gasteiger partial charge in [-0.25, -0.2) is 0 Å². The molecule has 0 aromatic carbocycles. The number of nitrogens with one attached hydrogen (secondary N) is 1. The van der Waals surface area contributed by atoms with Gasteiger partial charge in [-0.1, -0.05) is 6.92 Å². The van der Waals surface area contributed by atoms with Crippen LogP contribution in [0.2, 0.25) is 0 Å². The summed E-state index contributed by atoms with van der Waals surface area (Å²) < 4.78 is 0. The Morgan fingerprint density at radius 2 is 2.07 bits per heavy atom. The van der Waals surface area contributed by atoms with E-state index in [1.54, 1.807) is 0 Å². The van der Waals surface area contributed by atoms with Gasteiger partial charge in [-0.2, -0.15) is 0 Å². The first kappa shape index (κ1) is 10.9. The number of aliphatic hydroxyl groups excluding tert-OH is 1. The lowest BCUT2D eigenvalue weighted by Gasteiger charge is -2.32. The van der Waals surface area contributed by atoms with Crippen molar-refractivity contribution in [1.29, 1.82) is 0 Å². The monoisotopic (exact) mass is 212 g/mol. The summed E-state index contributed by atoms with van der Waals surface area (Å²) in [6.07, 6.45) is 2.45. The van der Waals surface area contributed by atoms with E-state index in [0.717, 1.165) is 31.8 Å². The van der Waals surface area contributed by atoms with Crippen LogP contribution < -0.4 is 5.32 Å². The number of hydrogen-bond donors (Lipinski definition) is 2. The highest BCUT2D eigenvalue weighted by Gasteiger charge is 2.32. The number of aliphatic hydroxyl groups is 1. The molecule has 2 heterocycles. The fourth-order valence-corrected chi connectivity index (χ4v) is 2.35. The second-order valence-corrected chi connectivity index (χ2v) is 4.86. The Hall–Kier alpha value is -0.610. The Bertz CT molecular complexity index is 237. The molecule has 15 heavy (non-hydrogen) atoms. The molecule has 1 amide bonds. The molecule has 0 aliphatic carbocycles. The van der Waals surface area contributed by atoms with Gasteiger partial charge in [-0.15, -0.1) is 0 Å². The quantitative estimate of drug-likeness (QED) is 0.641. The first-order valence-electron chi connectivity index (χ1n) is 5.87. The summed E-state index contributed by atoms with van der Waals surface area (Å²) in [4.78, 5) is 13.9. The molecule has 2 aliphatic heterocycles. The number of hydrogen-bond acceptors (Lipinski definition) is 3. The van der Waals surface area contributed by atoms with Crippen LogP contribution in [-0.2, 0) is 4.79 Å². The Morgan fingerprint density at radius 3 is 2.60 bits per heavy atom. The molecule has 0 bridgehead atoms. The molecule has 0 aromatic heterocycles. The van der Waals surface area contributed by atoms with E-state index in [0.29, 0.717) is 13.0 Å². The second kappa shape index (κ2) is 4.49. The zero-order valence-electron chi connectivity index (χ0n) is 9.28. The fourth-order valence-electron chi connectivity index (χ4n) is 2.35. The van der Waals surface area contributed by atoms with Crippen LogP contribution in [0.25, 0.3) is 0 Å². The summed E-state index contributed by atoms with van der Waals surface area (Å²) in [5.41, 5.74) is 0. The number of likely N-dealkylation sites (tertiary alicyclic amines) is 1. The van der Waals surface area contributed by atoms with E-state index < -0.39 is 0 Å². The fraction of sp³-hybridized carbons (Fsp3) is 0.909. The summed E-state index contributed by atoms with van der Waals surface area (Å²) in [5.74, 6) is 0.926. The average molecular weight is 212 g/mol. The van der Waals surface area contributed by atoms with E-state index in [2.05, 4.69) is 12.2 Å². The van der Waals surface area contributed by atoms with Crippen molar-refractivity contribution in [2.45, 2.75) is 38.3 Å². The number of piperidine rings is 1. The lowest BCUT2D eigenvalue weighted by molar-refractivity contribution is -0.134. The molecule has 2 saturated heterocycles. The zero-order chi connectivity index (χ0) is 10.8. The molecule has 0 saturated carbocycles. The van der Waals surface area contributed by atoms with E-state index in [9.17, 15) is 9.90 Å². The minimum absolute atomic E-state index is 0.145. The third-order valence-electron chi connectivity index (χ3n) is 3.50. The van der Waals surface area contributed by atoms with Crippen molar-refractivity contribution in [2.75, 3.05) is 19.6 Å². The van der Waals surface area contributed by atoms with Gasteiger partial charge in [-0.05, 0) is 25.2 Å². The van der Waals surface area contributed by atoms with Gasteiger partial charge in [0, 0.05) is 19.6 Å². The minimum atomic E-state index is -0.345. The molecule has 2 atom stereocenters. The topological polar surface area (TPSA) is 52.6 Å². The summed E-state index contributed by atoms with van der Waals surface area (Å²) >= 11 is 0. The SMILES string of the molecule is CC1CCN(C(=O)[C@H]2C[C@@H](O)CN2)CC1. The highest BCUT2D eigenvalue weighted by molar-refractivity contribution is 5.82. The molecular weight excluding hydrogens is 192 g/mol. The van der Waals surface area contributed by atoms with Crippen LogP contribution in [0.1, 0.15) is 26.2 Å². The maximum atomic E-state index is 12.0. The maximum Gasteiger partial charge on any atom is 0.239 e.